The number of aromatic hydroxyl groups is 1. The van der Waals surface area contributed by atoms with Crippen molar-refractivity contribution in [2.45, 2.75) is 44.9 Å². The Morgan fingerprint density at radius 2 is 1.70 bits per heavy atom. The van der Waals surface area contributed by atoms with Gasteiger partial charge in [-0.25, -0.2) is 0 Å². The van der Waals surface area contributed by atoms with E-state index in [1.54, 1.807) is 12.1 Å². The van der Waals surface area contributed by atoms with Crippen molar-refractivity contribution in [3.8, 4) is 5.75 Å². The molecule has 0 spiro atoms. The van der Waals surface area contributed by atoms with Gasteiger partial charge in [0.15, 0.2) is 0 Å². The monoisotopic (exact) mass is 278 g/mol. The lowest BCUT2D eigenvalue weighted by molar-refractivity contribution is -0.0756. The molecular formula is C16H26N2O2. The molecule has 0 saturated carbocycles. The molecule has 2 atom stereocenters. The van der Waals surface area contributed by atoms with Crippen molar-refractivity contribution in [3.05, 3.63) is 24.3 Å². The quantitative estimate of drug-likeness (QED) is 0.891. The Labute approximate surface area is 121 Å². The molecule has 0 bridgehead atoms. The number of rotatable bonds is 3. The molecule has 0 aliphatic carbocycles. The summed E-state index contributed by atoms with van der Waals surface area (Å²) in [5.41, 5.74) is 6.91. The number of benzene rings is 1. The highest BCUT2D eigenvalue weighted by atomic mass is 16.5. The molecule has 0 aromatic heterocycles. The molecule has 0 amide bonds. The maximum absolute atomic E-state index is 9.36. The zero-order valence-electron chi connectivity index (χ0n) is 13.1. The molecule has 20 heavy (non-hydrogen) atoms. The first-order valence-corrected chi connectivity index (χ1v) is 7.09. The number of hydrogen-bond donors (Lipinski definition) is 2. The Morgan fingerprint density at radius 1 is 1.15 bits per heavy atom. The van der Waals surface area contributed by atoms with E-state index in [4.69, 9.17) is 10.5 Å². The van der Waals surface area contributed by atoms with Crippen LogP contribution in [0.4, 0.5) is 5.69 Å². The molecule has 0 radical (unpaired) electrons. The first-order chi connectivity index (χ1) is 9.13. The number of phenolic OH excluding ortho intramolecular Hbond substituents is 1. The highest BCUT2D eigenvalue weighted by molar-refractivity contribution is 5.48. The van der Waals surface area contributed by atoms with Gasteiger partial charge >= 0.3 is 0 Å². The standard InChI is InChI=1S/C16H26N2O2/c1-15(2)13(14(17)16(3,4)20-15)10-18(5)11-6-8-12(19)9-7-11/h6-9,13-14,19H,10,17H2,1-5H3. The van der Waals surface area contributed by atoms with E-state index in [2.05, 4.69) is 32.6 Å². The fraction of sp³-hybridized carbons (Fsp3) is 0.625. The van der Waals surface area contributed by atoms with Gasteiger partial charge in [-0.1, -0.05) is 0 Å². The first-order valence-electron chi connectivity index (χ1n) is 7.09. The minimum Gasteiger partial charge on any atom is -0.508 e. The van der Waals surface area contributed by atoms with E-state index in [1.807, 2.05) is 19.2 Å². The highest BCUT2D eigenvalue weighted by Gasteiger charge is 2.52. The van der Waals surface area contributed by atoms with Crippen molar-refractivity contribution in [1.29, 1.82) is 0 Å². The second-order valence-corrected chi connectivity index (χ2v) is 6.84. The Balaban J connectivity index is 2.14. The largest absolute Gasteiger partial charge is 0.508 e. The van der Waals surface area contributed by atoms with Gasteiger partial charge < -0.3 is 20.5 Å². The third kappa shape index (κ3) is 2.76. The van der Waals surface area contributed by atoms with Gasteiger partial charge in [-0.05, 0) is 52.0 Å². The minimum atomic E-state index is -0.302. The number of phenols is 1. The molecule has 1 heterocycles. The summed E-state index contributed by atoms with van der Waals surface area (Å²) in [5, 5.41) is 9.36. The van der Waals surface area contributed by atoms with Crippen LogP contribution in [-0.4, -0.2) is 35.9 Å². The molecule has 1 aromatic carbocycles. The Morgan fingerprint density at radius 3 is 2.15 bits per heavy atom. The number of anilines is 1. The van der Waals surface area contributed by atoms with Crippen LogP contribution in [0.25, 0.3) is 0 Å². The lowest BCUT2D eigenvalue weighted by Gasteiger charge is -2.32. The summed E-state index contributed by atoms with van der Waals surface area (Å²) >= 11 is 0. The molecule has 4 heteroatoms. The molecule has 3 N–H and O–H groups in total. The predicted molar refractivity (Wildman–Crippen MR) is 82.1 cm³/mol. The maximum Gasteiger partial charge on any atom is 0.115 e. The summed E-state index contributed by atoms with van der Waals surface area (Å²) in [6.07, 6.45) is 0. The summed E-state index contributed by atoms with van der Waals surface area (Å²) in [5.74, 6) is 0.529. The zero-order chi connectivity index (χ0) is 15.1. The van der Waals surface area contributed by atoms with Crippen molar-refractivity contribution in [3.63, 3.8) is 0 Å². The number of ether oxygens (including phenoxy) is 1. The number of nitrogens with zero attached hydrogens (tertiary/aromatic N) is 1. The van der Waals surface area contributed by atoms with Gasteiger partial charge in [0.25, 0.3) is 0 Å². The van der Waals surface area contributed by atoms with Crippen LogP contribution in [0.2, 0.25) is 0 Å². The predicted octanol–water partition coefficient (Wildman–Crippen LogP) is 2.36. The van der Waals surface area contributed by atoms with Crippen LogP contribution in [0.15, 0.2) is 24.3 Å². The molecule has 1 saturated heterocycles. The minimum absolute atomic E-state index is 0.00272. The van der Waals surface area contributed by atoms with Crippen LogP contribution >= 0.6 is 0 Å². The molecule has 1 aliphatic rings. The van der Waals surface area contributed by atoms with Crippen LogP contribution in [0.5, 0.6) is 5.75 Å². The second-order valence-electron chi connectivity index (χ2n) is 6.84. The Bertz CT molecular complexity index is 468. The Kier molecular flexibility index (Phi) is 3.73. The van der Waals surface area contributed by atoms with Crippen molar-refractivity contribution in [2.24, 2.45) is 11.7 Å². The smallest absolute Gasteiger partial charge is 0.115 e. The van der Waals surface area contributed by atoms with Gasteiger partial charge in [0.2, 0.25) is 0 Å². The van der Waals surface area contributed by atoms with E-state index < -0.39 is 0 Å². The molecule has 1 aromatic rings. The van der Waals surface area contributed by atoms with Gasteiger partial charge in [0, 0.05) is 31.2 Å². The molecule has 1 fully saturated rings. The topological polar surface area (TPSA) is 58.7 Å². The van der Waals surface area contributed by atoms with Crippen LogP contribution in [-0.2, 0) is 4.74 Å². The third-order valence-electron chi connectivity index (χ3n) is 4.42. The van der Waals surface area contributed by atoms with Crippen LogP contribution in [0, 0.1) is 5.92 Å². The van der Waals surface area contributed by atoms with E-state index in [0.29, 0.717) is 0 Å². The third-order valence-corrected chi connectivity index (χ3v) is 4.42. The van der Waals surface area contributed by atoms with Crippen molar-refractivity contribution in [2.75, 3.05) is 18.5 Å². The number of nitrogens with two attached hydrogens (primary N) is 1. The molecular weight excluding hydrogens is 252 g/mol. The second kappa shape index (κ2) is 4.93. The average Bonchev–Trinajstić information content (AvgIpc) is 2.48. The fourth-order valence-corrected chi connectivity index (χ4v) is 3.18. The number of hydrogen-bond acceptors (Lipinski definition) is 4. The summed E-state index contributed by atoms with van der Waals surface area (Å²) in [4.78, 5) is 2.16. The van der Waals surface area contributed by atoms with Gasteiger partial charge in [-0.15, -0.1) is 0 Å². The SMILES string of the molecule is CN(CC1C(N)C(C)(C)OC1(C)C)c1ccc(O)cc1. The lowest BCUT2D eigenvalue weighted by atomic mass is 9.82. The van der Waals surface area contributed by atoms with Crippen LogP contribution in [0.1, 0.15) is 27.7 Å². The molecule has 4 nitrogen and oxygen atoms in total. The van der Waals surface area contributed by atoms with Crippen molar-refractivity contribution < 1.29 is 9.84 Å². The van der Waals surface area contributed by atoms with Gasteiger partial charge in [0.1, 0.15) is 5.75 Å². The van der Waals surface area contributed by atoms with Crippen LogP contribution in [0.3, 0.4) is 0 Å². The molecule has 2 rings (SSSR count). The lowest BCUT2D eigenvalue weighted by Crippen LogP contribution is -2.47. The fourth-order valence-electron chi connectivity index (χ4n) is 3.18. The van der Waals surface area contributed by atoms with E-state index in [0.717, 1.165) is 12.2 Å². The normalized spacial score (nSPS) is 27.5. The summed E-state index contributed by atoms with van der Waals surface area (Å²) < 4.78 is 6.13. The van der Waals surface area contributed by atoms with Gasteiger partial charge in [-0.2, -0.15) is 0 Å². The average molecular weight is 278 g/mol. The van der Waals surface area contributed by atoms with Crippen LogP contribution < -0.4 is 10.6 Å². The molecule has 2 unspecified atom stereocenters. The van der Waals surface area contributed by atoms with Crippen molar-refractivity contribution in [1.82, 2.24) is 0 Å². The van der Waals surface area contributed by atoms with E-state index in [9.17, 15) is 5.11 Å². The van der Waals surface area contributed by atoms with E-state index in [1.165, 1.54) is 0 Å². The summed E-state index contributed by atoms with van der Waals surface area (Å²) in [6.45, 7) is 9.15. The zero-order valence-corrected chi connectivity index (χ0v) is 13.1. The van der Waals surface area contributed by atoms with Gasteiger partial charge in [0.05, 0.1) is 11.2 Å². The first kappa shape index (κ1) is 15.1. The van der Waals surface area contributed by atoms with Gasteiger partial charge in [-0.3, -0.25) is 0 Å². The highest BCUT2D eigenvalue weighted by Crippen LogP contribution is 2.41. The Hall–Kier alpha value is -1.26. The summed E-state index contributed by atoms with van der Waals surface area (Å²) in [7, 11) is 2.04. The molecule has 112 valence electrons. The van der Waals surface area contributed by atoms with E-state index >= 15 is 0 Å². The van der Waals surface area contributed by atoms with Crippen molar-refractivity contribution >= 4 is 5.69 Å². The van der Waals surface area contributed by atoms with E-state index in [-0.39, 0.29) is 28.9 Å². The summed E-state index contributed by atoms with van der Waals surface area (Å²) in [6, 6.07) is 7.22. The molecule has 1 aliphatic heterocycles. The maximum atomic E-state index is 9.36.